The third-order valence-electron chi connectivity index (χ3n) is 4.06. The standard InChI is InChI=1S/C14H21BrN4O2/c1-5-9-12(15)10(18(4)17-9)7-19-8-11(20)16-14(3,6-2)13(19)21/h5-8H2,1-4H3,(H,16,20). The number of piperazine rings is 1. The smallest absolute Gasteiger partial charge is 0.248 e. The van der Waals surface area contributed by atoms with Crippen molar-refractivity contribution in [2.24, 2.45) is 7.05 Å². The highest BCUT2D eigenvalue weighted by Gasteiger charge is 2.41. The zero-order chi connectivity index (χ0) is 15.8. The van der Waals surface area contributed by atoms with Crippen LogP contribution < -0.4 is 5.32 Å². The fourth-order valence-corrected chi connectivity index (χ4v) is 3.28. The third-order valence-corrected chi connectivity index (χ3v) is 4.98. The van der Waals surface area contributed by atoms with E-state index in [1.54, 1.807) is 16.5 Å². The lowest BCUT2D eigenvalue weighted by atomic mass is 9.94. The Labute approximate surface area is 133 Å². The first-order chi connectivity index (χ1) is 9.82. The number of aromatic nitrogens is 2. The minimum atomic E-state index is -0.812. The van der Waals surface area contributed by atoms with Gasteiger partial charge in [0.2, 0.25) is 11.8 Å². The molecule has 6 nitrogen and oxygen atoms in total. The number of carbonyl (C=O) groups is 2. The highest BCUT2D eigenvalue weighted by Crippen LogP contribution is 2.25. The predicted octanol–water partition coefficient (Wildman–Crippen LogP) is 1.37. The van der Waals surface area contributed by atoms with Crippen LogP contribution in [0.1, 0.15) is 38.6 Å². The Balaban J connectivity index is 2.28. The van der Waals surface area contributed by atoms with Crippen LogP contribution in [0.2, 0.25) is 0 Å². The summed E-state index contributed by atoms with van der Waals surface area (Å²) in [5, 5.41) is 7.22. The number of rotatable bonds is 4. The zero-order valence-corrected chi connectivity index (χ0v) is 14.5. The van der Waals surface area contributed by atoms with Crippen LogP contribution in [0, 0.1) is 0 Å². The summed E-state index contributed by atoms with van der Waals surface area (Å²) in [6, 6.07) is 0. The summed E-state index contributed by atoms with van der Waals surface area (Å²) in [7, 11) is 1.85. The normalized spacial score (nSPS) is 22.6. The highest BCUT2D eigenvalue weighted by molar-refractivity contribution is 9.10. The Morgan fingerprint density at radius 1 is 1.38 bits per heavy atom. The van der Waals surface area contributed by atoms with Gasteiger partial charge in [0.15, 0.2) is 0 Å². The van der Waals surface area contributed by atoms with Gasteiger partial charge in [-0.2, -0.15) is 5.10 Å². The van der Waals surface area contributed by atoms with Gasteiger partial charge in [-0.15, -0.1) is 0 Å². The number of carbonyl (C=O) groups excluding carboxylic acids is 2. The molecule has 0 bridgehead atoms. The van der Waals surface area contributed by atoms with Crippen molar-refractivity contribution in [3.05, 3.63) is 15.9 Å². The second-order valence-electron chi connectivity index (χ2n) is 5.58. The van der Waals surface area contributed by atoms with Crippen molar-refractivity contribution in [2.45, 2.75) is 45.7 Å². The van der Waals surface area contributed by atoms with Gasteiger partial charge in [0.25, 0.3) is 0 Å². The van der Waals surface area contributed by atoms with E-state index in [0.29, 0.717) is 13.0 Å². The van der Waals surface area contributed by atoms with Crippen molar-refractivity contribution >= 4 is 27.7 Å². The van der Waals surface area contributed by atoms with Crippen LogP contribution in [0.15, 0.2) is 4.47 Å². The molecule has 0 radical (unpaired) electrons. The summed E-state index contributed by atoms with van der Waals surface area (Å²) in [4.78, 5) is 26.1. The number of nitrogens with one attached hydrogen (secondary N) is 1. The molecule has 1 aromatic rings. The van der Waals surface area contributed by atoms with Gasteiger partial charge in [-0.25, -0.2) is 0 Å². The van der Waals surface area contributed by atoms with Crippen LogP contribution in [0.3, 0.4) is 0 Å². The monoisotopic (exact) mass is 356 g/mol. The van der Waals surface area contributed by atoms with E-state index in [9.17, 15) is 9.59 Å². The second-order valence-corrected chi connectivity index (χ2v) is 6.37. The summed E-state index contributed by atoms with van der Waals surface area (Å²) in [6.07, 6.45) is 1.39. The van der Waals surface area contributed by atoms with E-state index in [1.807, 2.05) is 20.9 Å². The SMILES string of the molecule is CCc1nn(C)c(CN2CC(=O)NC(C)(CC)C2=O)c1Br. The lowest BCUT2D eigenvalue weighted by Crippen LogP contribution is -2.64. The Kier molecular flexibility index (Phi) is 4.41. The summed E-state index contributed by atoms with van der Waals surface area (Å²) in [5.74, 6) is -0.163. The van der Waals surface area contributed by atoms with E-state index in [2.05, 4.69) is 26.3 Å². The molecule has 1 fully saturated rings. The molecular formula is C14H21BrN4O2. The Morgan fingerprint density at radius 3 is 2.57 bits per heavy atom. The van der Waals surface area contributed by atoms with Crippen molar-refractivity contribution in [3.63, 3.8) is 0 Å². The molecule has 1 atom stereocenters. The maximum absolute atomic E-state index is 12.6. The molecule has 7 heteroatoms. The van der Waals surface area contributed by atoms with E-state index in [-0.39, 0.29) is 18.4 Å². The van der Waals surface area contributed by atoms with Gasteiger partial charge in [0.1, 0.15) is 12.1 Å². The van der Waals surface area contributed by atoms with Gasteiger partial charge in [0, 0.05) is 7.05 Å². The molecule has 0 saturated carbocycles. The first-order valence-corrected chi connectivity index (χ1v) is 7.92. The quantitative estimate of drug-likeness (QED) is 0.885. The molecule has 1 aliphatic heterocycles. The van der Waals surface area contributed by atoms with E-state index >= 15 is 0 Å². The lowest BCUT2D eigenvalue weighted by Gasteiger charge is -2.39. The molecule has 116 valence electrons. The Bertz CT molecular complexity index is 584. The fourth-order valence-electron chi connectivity index (χ4n) is 2.53. The van der Waals surface area contributed by atoms with Gasteiger partial charge in [-0.3, -0.25) is 14.3 Å². The average Bonchev–Trinajstić information content (AvgIpc) is 2.71. The molecule has 1 saturated heterocycles. The van der Waals surface area contributed by atoms with E-state index in [4.69, 9.17) is 0 Å². The molecule has 21 heavy (non-hydrogen) atoms. The maximum atomic E-state index is 12.6. The molecule has 1 N–H and O–H groups in total. The minimum Gasteiger partial charge on any atom is -0.340 e. The third kappa shape index (κ3) is 2.84. The number of nitrogens with zero attached hydrogens (tertiary/aromatic N) is 3. The lowest BCUT2D eigenvalue weighted by molar-refractivity contribution is -0.150. The van der Waals surface area contributed by atoms with Crippen LogP contribution in [0.4, 0.5) is 0 Å². The van der Waals surface area contributed by atoms with Crippen LogP contribution in [-0.4, -0.2) is 38.6 Å². The molecule has 2 amide bonds. The van der Waals surface area contributed by atoms with Gasteiger partial charge in [-0.05, 0) is 35.7 Å². The Hall–Kier alpha value is -1.37. The zero-order valence-electron chi connectivity index (χ0n) is 12.9. The highest BCUT2D eigenvalue weighted by atomic mass is 79.9. The molecule has 0 spiro atoms. The van der Waals surface area contributed by atoms with E-state index in [0.717, 1.165) is 22.3 Å². The van der Waals surface area contributed by atoms with Crippen molar-refractivity contribution in [3.8, 4) is 0 Å². The summed E-state index contributed by atoms with van der Waals surface area (Å²) < 4.78 is 2.69. The number of hydrogen-bond donors (Lipinski definition) is 1. The number of halogens is 1. The van der Waals surface area contributed by atoms with Crippen LogP contribution in [-0.2, 0) is 29.6 Å². The van der Waals surface area contributed by atoms with Gasteiger partial charge in [0.05, 0.1) is 22.4 Å². The number of hydrogen-bond acceptors (Lipinski definition) is 3. The molecule has 2 heterocycles. The van der Waals surface area contributed by atoms with Gasteiger partial charge < -0.3 is 10.2 Å². The average molecular weight is 357 g/mol. The van der Waals surface area contributed by atoms with E-state index < -0.39 is 5.54 Å². The van der Waals surface area contributed by atoms with Crippen LogP contribution in [0.25, 0.3) is 0 Å². The first kappa shape index (κ1) is 16.0. The summed E-state index contributed by atoms with van der Waals surface area (Å²) in [6.45, 7) is 6.18. The fraction of sp³-hybridized carbons (Fsp3) is 0.643. The Morgan fingerprint density at radius 2 is 2.05 bits per heavy atom. The predicted molar refractivity (Wildman–Crippen MR) is 82.5 cm³/mol. The second kappa shape index (κ2) is 5.79. The largest absolute Gasteiger partial charge is 0.340 e. The van der Waals surface area contributed by atoms with Crippen molar-refractivity contribution in [2.75, 3.05) is 6.54 Å². The van der Waals surface area contributed by atoms with Crippen LogP contribution in [0.5, 0.6) is 0 Å². The molecule has 0 aromatic carbocycles. The molecule has 2 rings (SSSR count). The van der Waals surface area contributed by atoms with E-state index in [1.165, 1.54) is 0 Å². The molecule has 1 aromatic heterocycles. The first-order valence-electron chi connectivity index (χ1n) is 7.13. The van der Waals surface area contributed by atoms with Crippen molar-refractivity contribution in [1.29, 1.82) is 0 Å². The van der Waals surface area contributed by atoms with Crippen molar-refractivity contribution in [1.82, 2.24) is 20.0 Å². The van der Waals surface area contributed by atoms with Crippen molar-refractivity contribution < 1.29 is 9.59 Å². The molecule has 1 unspecified atom stereocenters. The number of aryl methyl sites for hydroxylation is 2. The molecular weight excluding hydrogens is 336 g/mol. The topological polar surface area (TPSA) is 67.2 Å². The number of amides is 2. The van der Waals surface area contributed by atoms with Gasteiger partial charge >= 0.3 is 0 Å². The van der Waals surface area contributed by atoms with Crippen LogP contribution >= 0.6 is 15.9 Å². The molecule has 1 aliphatic rings. The summed E-state index contributed by atoms with van der Waals surface area (Å²) in [5.41, 5.74) is 1.06. The maximum Gasteiger partial charge on any atom is 0.248 e. The summed E-state index contributed by atoms with van der Waals surface area (Å²) >= 11 is 3.55. The molecule has 0 aliphatic carbocycles. The van der Waals surface area contributed by atoms with Gasteiger partial charge in [-0.1, -0.05) is 13.8 Å². The minimum absolute atomic E-state index is 0.0456.